The Balaban J connectivity index is 1.62. The predicted octanol–water partition coefficient (Wildman–Crippen LogP) is 3.91. The summed E-state index contributed by atoms with van der Waals surface area (Å²) in [5.41, 5.74) is 2.74. The van der Waals surface area contributed by atoms with Crippen LogP contribution in [0.15, 0.2) is 48.5 Å². The number of amides is 4. The van der Waals surface area contributed by atoms with E-state index in [-0.39, 0.29) is 36.6 Å². The van der Waals surface area contributed by atoms with Gasteiger partial charge >= 0.3 is 0 Å². The summed E-state index contributed by atoms with van der Waals surface area (Å²) in [4.78, 5) is 53.7. The van der Waals surface area contributed by atoms with Crippen molar-refractivity contribution < 1.29 is 19.2 Å². The molecule has 0 fully saturated rings. The smallest absolute Gasteiger partial charge is 0.242 e. The van der Waals surface area contributed by atoms with Crippen molar-refractivity contribution >= 4 is 29.3 Å². The molecule has 41 heavy (non-hydrogen) atoms. The van der Waals surface area contributed by atoms with Crippen molar-refractivity contribution in [1.29, 1.82) is 0 Å². The van der Waals surface area contributed by atoms with Gasteiger partial charge in [0.2, 0.25) is 23.6 Å². The van der Waals surface area contributed by atoms with Gasteiger partial charge in [0.05, 0.1) is 12.2 Å². The summed E-state index contributed by atoms with van der Waals surface area (Å²) < 4.78 is 0. The van der Waals surface area contributed by atoms with Crippen LogP contribution in [0.2, 0.25) is 0 Å². The lowest BCUT2D eigenvalue weighted by molar-refractivity contribution is -0.135. The molecule has 2 atom stereocenters. The third-order valence-electron chi connectivity index (χ3n) is 7.29. The van der Waals surface area contributed by atoms with E-state index in [4.69, 9.17) is 0 Å². The van der Waals surface area contributed by atoms with E-state index in [0.717, 1.165) is 28.8 Å². The van der Waals surface area contributed by atoms with E-state index < -0.39 is 23.4 Å². The SMILES string of the molecule is CCCC(C)(C)C(=O)N[C@H](C)C(=O)N[C@@H](C(=O)NCCC(=O)N1Cc2ccccc2C#Cc2ccccc21)C(C)C. The summed E-state index contributed by atoms with van der Waals surface area (Å²) in [6.07, 6.45) is 1.63. The molecule has 1 aliphatic rings. The quantitative estimate of drug-likeness (QED) is 0.364. The van der Waals surface area contributed by atoms with Gasteiger partial charge in [-0.1, -0.05) is 83.2 Å². The van der Waals surface area contributed by atoms with Gasteiger partial charge in [-0.05, 0) is 43.0 Å². The van der Waals surface area contributed by atoms with Gasteiger partial charge in [-0.2, -0.15) is 0 Å². The first-order valence-electron chi connectivity index (χ1n) is 14.3. The van der Waals surface area contributed by atoms with Gasteiger partial charge in [-0.15, -0.1) is 0 Å². The molecular weight excluding hydrogens is 516 g/mol. The number of anilines is 1. The summed E-state index contributed by atoms with van der Waals surface area (Å²) in [5.74, 6) is 5.02. The number of carbonyl (C=O) groups is 4. The highest BCUT2D eigenvalue weighted by Crippen LogP contribution is 2.26. The van der Waals surface area contributed by atoms with E-state index >= 15 is 0 Å². The Kier molecular flexibility index (Phi) is 10.7. The number of rotatable bonds is 11. The summed E-state index contributed by atoms with van der Waals surface area (Å²) >= 11 is 0. The van der Waals surface area contributed by atoms with Crippen molar-refractivity contribution in [2.75, 3.05) is 11.4 Å². The fourth-order valence-electron chi connectivity index (χ4n) is 4.75. The maximum absolute atomic E-state index is 13.4. The fourth-order valence-corrected chi connectivity index (χ4v) is 4.75. The molecule has 2 aromatic carbocycles. The highest BCUT2D eigenvalue weighted by Gasteiger charge is 2.31. The molecule has 0 radical (unpaired) electrons. The summed E-state index contributed by atoms with van der Waals surface area (Å²) in [6, 6.07) is 13.7. The molecule has 0 saturated carbocycles. The summed E-state index contributed by atoms with van der Waals surface area (Å²) in [5, 5.41) is 8.35. The Morgan fingerprint density at radius 2 is 1.54 bits per heavy atom. The largest absolute Gasteiger partial charge is 0.354 e. The van der Waals surface area contributed by atoms with E-state index in [9.17, 15) is 19.2 Å². The lowest BCUT2D eigenvalue weighted by Crippen LogP contribution is -2.56. The second-order valence-electron chi connectivity index (χ2n) is 11.5. The number of nitrogens with zero attached hydrogens (tertiary/aromatic N) is 1. The zero-order valence-corrected chi connectivity index (χ0v) is 25.0. The van der Waals surface area contributed by atoms with E-state index in [1.54, 1.807) is 11.8 Å². The molecule has 0 bridgehead atoms. The van der Waals surface area contributed by atoms with Gasteiger partial charge in [0.15, 0.2) is 0 Å². The lowest BCUT2D eigenvalue weighted by Gasteiger charge is -2.27. The van der Waals surface area contributed by atoms with Crippen molar-refractivity contribution in [1.82, 2.24) is 16.0 Å². The topological polar surface area (TPSA) is 108 Å². The lowest BCUT2D eigenvalue weighted by atomic mass is 9.87. The highest BCUT2D eigenvalue weighted by atomic mass is 16.2. The van der Waals surface area contributed by atoms with Crippen LogP contribution in [0.1, 0.15) is 77.5 Å². The fraction of sp³-hybridized carbons (Fsp3) is 0.455. The maximum Gasteiger partial charge on any atom is 0.242 e. The molecule has 3 N–H and O–H groups in total. The maximum atomic E-state index is 13.4. The van der Waals surface area contributed by atoms with Crippen LogP contribution in [0.5, 0.6) is 0 Å². The summed E-state index contributed by atoms with van der Waals surface area (Å²) in [7, 11) is 0. The molecule has 4 amide bonds. The number of hydrogen-bond acceptors (Lipinski definition) is 4. The van der Waals surface area contributed by atoms with Crippen molar-refractivity contribution in [3.8, 4) is 11.8 Å². The molecular formula is C33H42N4O4. The number of hydrogen-bond donors (Lipinski definition) is 3. The molecule has 218 valence electrons. The van der Waals surface area contributed by atoms with Crippen molar-refractivity contribution in [3.05, 3.63) is 65.2 Å². The number of carbonyl (C=O) groups excluding carboxylic acids is 4. The number of fused-ring (bicyclic) bond motifs is 2. The van der Waals surface area contributed by atoms with Crippen molar-refractivity contribution in [3.63, 3.8) is 0 Å². The first-order valence-corrected chi connectivity index (χ1v) is 14.3. The Morgan fingerprint density at radius 1 is 0.902 bits per heavy atom. The van der Waals surface area contributed by atoms with Crippen LogP contribution in [0.25, 0.3) is 0 Å². The van der Waals surface area contributed by atoms with Gasteiger partial charge in [-0.25, -0.2) is 0 Å². The molecule has 2 aromatic rings. The van der Waals surface area contributed by atoms with E-state index in [0.29, 0.717) is 13.0 Å². The van der Waals surface area contributed by atoms with Gasteiger partial charge in [-0.3, -0.25) is 19.2 Å². The first-order chi connectivity index (χ1) is 19.4. The average Bonchev–Trinajstić information content (AvgIpc) is 2.92. The number of benzene rings is 2. The minimum absolute atomic E-state index is 0.0768. The zero-order chi connectivity index (χ0) is 30.2. The Labute approximate surface area is 243 Å². The number of para-hydroxylation sites is 1. The molecule has 0 aromatic heterocycles. The molecule has 0 spiro atoms. The van der Waals surface area contributed by atoms with E-state index in [1.807, 2.05) is 83.1 Å². The molecule has 8 nitrogen and oxygen atoms in total. The van der Waals surface area contributed by atoms with E-state index in [1.165, 1.54) is 0 Å². The third-order valence-corrected chi connectivity index (χ3v) is 7.29. The number of nitrogens with one attached hydrogen (secondary N) is 3. The van der Waals surface area contributed by atoms with Gasteiger partial charge < -0.3 is 20.9 Å². The van der Waals surface area contributed by atoms with Crippen LogP contribution in [-0.2, 0) is 25.7 Å². The van der Waals surface area contributed by atoms with Crippen LogP contribution < -0.4 is 20.9 Å². The minimum atomic E-state index is -0.815. The average molecular weight is 559 g/mol. The Bertz CT molecular complexity index is 1340. The van der Waals surface area contributed by atoms with Gasteiger partial charge in [0.1, 0.15) is 12.1 Å². The van der Waals surface area contributed by atoms with Gasteiger partial charge in [0, 0.05) is 29.5 Å². The normalized spacial score (nSPS) is 13.8. The van der Waals surface area contributed by atoms with Gasteiger partial charge in [0.25, 0.3) is 0 Å². The second-order valence-corrected chi connectivity index (χ2v) is 11.5. The predicted molar refractivity (Wildman–Crippen MR) is 161 cm³/mol. The Hall–Kier alpha value is -4.12. The zero-order valence-electron chi connectivity index (χ0n) is 25.0. The van der Waals surface area contributed by atoms with Crippen molar-refractivity contribution in [2.24, 2.45) is 11.3 Å². The van der Waals surface area contributed by atoms with E-state index in [2.05, 4.69) is 27.8 Å². The van der Waals surface area contributed by atoms with Crippen LogP contribution in [0, 0.1) is 23.2 Å². The van der Waals surface area contributed by atoms with Crippen LogP contribution in [-0.4, -0.2) is 42.3 Å². The molecule has 0 aliphatic carbocycles. The molecule has 3 rings (SSSR count). The molecule has 0 unspecified atom stereocenters. The molecule has 0 saturated heterocycles. The van der Waals surface area contributed by atoms with Crippen LogP contribution in [0.4, 0.5) is 5.69 Å². The second kappa shape index (κ2) is 14.0. The minimum Gasteiger partial charge on any atom is -0.354 e. The molecule has 1 heterocycles. The first kappa shape index (κ1) is 31.4. The molecule has 8 heteroatoms. The van der Waals surface area contributed by atoms with Crippen LogP contribution in [0.3, 0.4) is 0 Å². The third kappa shape index (κ3) is 8.20. The molecule has 1 aliphatic heterocycles. The van der Waals surface area contributed by atoms with Crippen LogP contribution >= 0.6 is 0 Å². The Morgan fingerprint density at radius 3 is 2.22 bits per heavy atom. The van der Waals surface area contributed by atoms with Crippen molar-refractivity contribution in [2.45, 2.75) is 79.4 Å². The highest BCUT2D eigenvalue weighted by molar-refractivity contribution is 5.96. The standard InChI is InChI=1S/C33H42N4O4/c1-7-19-33(5,6)32(41)35-23(4)30(39)36-29(22(2)3)31(40)34-20-18-28(38)37-21-26-14-9-8-12-24(26)16-17-25-13-10-11-15-27(25)37/h8-15,22-23,29H,7,18-21H2,1-6H3,(H,34,40)(H,35,41)(H,36,39)/t23-,29-/m1/s1. The monoisotopic (exact) mass is 558 g/mol. The summed E-state index contributed by atoms with van der Waals surface area (Å²) in [6.45, 7) is 11.5.